The molecule has 0 aromatic heterocycles. The van der Waals surface area contributed by atoms with Crippen LogP contribution in [0.3, 0.4) is 0 Å². The van der Waals surface area contributed by atoms with Crippen LogP contribution in [0.2, 0.25) is 0 Å². The van der Waals surface area contributed by atoms with Gasteiger partial charge in [0.05, 0.1) is 10.7 Å². The molecule has 0 spiro atoms. The molecule has 7 heteroatoms. The van der Waals surface area contributed by atoms with E-state index in [4.69, 9.17) is 9.05 Å². The maximum absolute atomic E-state index is 14.5. The second kappa shape index (κ2) is 8.50. The van der Waals surface area contributed by atoms with Gasteiger partial charge in [0.25, 0.3) is 0 Å². The molecule has 39 heavy (non-hydrogen) atoms. The lowest BCUT2D eigenvalue weighted by atomic mass is 9.35. The number of nitriles is 1. The SMILES string of the molecule is COP(=O)(OC)[C@]12CCC(C)(C)CC1[C@H]1C(=O)C=C3[C@@]4(C)C=C(C#N)C(=O)C(C)(C)[C@@H]4CC[C@@]3(C)[C@]1(C)CC2. The lowest BCUT2D eigenvalue weighted by Crippen LogP contribution is -2.66. The number of ketones is 2. The Labute approximate surface area is 234 Å². The first-order valence-corrected chi connectivity index (χ1v) is 16.1. The van der Waals surface area contributed by atoms with Crippen molar-refractivity contribution in [1.82, 2.24) is 0 Å². The normalized spacial score (nSPS) is 44.6. The zero-order valence-corrected chi connectivity index (χ0v) is 26.2. The summed E-state index contributed by atoms with van der Waals surface area (Å²) in [4.78, 5) is 27.8. The smallest absolute Gasteiger partial charge is 0.312 e. The van der Waals surface area contributed by atoms with Crippen molar-refractivity contribution in [2.75, 3.05) is 14.2 Å². The molecule has 0 radical (unpaired) electrons. The maximum Gasteiger partial charge on any atom is 0.336 e. The van der Waals surface area contributed by atoms with Crippen LogP contribution >= 0.6 is 7.60 Å². The third-order valence-electron chi connectivity index (χ3n) is 12.8. The second-order valence-corrected chi connectivity index (χ2v) is 17.8. The topological polar surface area (TPSA) is 93.5 Å². The van der Waals surface area contributed by atoms with E-state index in [1.54, 1.807) is 0 Å². The Kier molecular flexibility index (Phi) is 6.31. The monoisotopic (exact) mass is 555 g/mol. The van der Waals surface area contributed by atoms with Crippen molar-refractivity contribution in [2.45, 2.75) is 98.6 Å². The van der Waals surface area contributed by atoms with Gasteiger partial charge in [-0.15, -0.1) is 0 Å². The Balaban J connectivity index is 1.72. The van der Waals surface area contributed by atoms with Crippen LogP contribution in [0.1, 0.15) is 93.4 Å². The fraction of sp³-hybridized carbons (Fsp3) is 0.781. The lowest BCUT2D eigenvalue weighted by molar-refractivity contribution is -0.154. The molecule has 214 valence electrons. The van der Waals surface area contributed by atoms with Crippen LogP contribution in [0, 0.1) is 56.2 Å². The van der Waals surface area contributed by atoms with Crippen LogP contribution < -0.4 is 0 Å². The summed E-state index contributed by atoms with van der Waals surface area (Å²) < 4.78 is 25.7. The van der Waals surface area contributed by atoms with Crippen molar-refractivity contribution in [2.24, 2.45) is 44.8 Å². The molecule has 0 amide bonds. The van der Waals surface area contributed by atoms with E-state index < -0.39 is 23.6 Å². The molecular weight excluding hydrogens is 509 g/mol. The number of nitrogens with zero attached hydrogens (tertiary/aromatic N) is 1. The summed E-state index contributed by atoms with van der Waals surface area (Å²) in [5.41, 5.74) is -0.602. The number of carbonyl (C=O) groups excluding carboxylic acids is 2. The lowest BCUT2D eigenvalue weighted by Gasteiger charge is -2.69. The summed E-state index contributed by atoms with van der Waals surface area (Å²) in [5.74, 6) is -0.395. The van der Waals surface area contributed by atoms with Gasteiger partial charge in [0, 0.05) is 31.0 Å². The molecule has 6 nitrogen and oxygen atoms in total. The van der Waals surface area contributed by atoms with Crippen LogP contribution in [-0.4, -0.2) is 30.9 Å². The molecule has 0 N–H and O–H groups in total. The molecule has 0 heterocycles. The van der Waals surface area contributed by atoms with Crippen molar-refractivity contribution in [1.29, 1.82) is 5.26 Å². The van der Waals surface area contributed by atoms with E-state index in [2.05, 4.69) is 40.7 Å². The van der Waals surface area contributed by atoms with E-state index in [0.717, 1.165) is 44.1 Å². The van der Waals surface area contributed by atoms with Gasteiger partial charge < -0.3 is 9.05 Å². The largest absolute Gasteiger partial charge is 0.336 e. The average molecular weight is 556 g/mol. The zero-order chi connectivity index (χ0) is 29.0. The first-order chi connectivity index (χ1) is 17.9. The van der Waals surface area contributed by atoms with E-state index in [1.807, 2.05) is 26.0 Å². The van der Waals surface area contributed by atoms with Gasteiger partial charge in [-0.3, -0.25) is 14.2 Å². The van der Waals surface area contributed by atoms with Gasteiger partial charge in [-0.1, -0.05) is 60.1 Å². The number of fused-ring (bicyclic) bond motifs is 7. The number of hydrogen-bond acceptors (Lipinski definition) is 6. The number of carbonyl (C=O) groups is 2. The average Bonchev–Trinajstić information content (AvgIpc) is 2.86. The zero-order valence-electron chi connectivity index (χ0n) is 25.3. The van der Waals surface area contributed by atoms with Crippen molar-refractivity contribution < 1.29 is 23.2 Å². The molecule has 5 aliphatic carbocycles. The minimum atomic E-state index is -3.47. The van der Waals surface area contributed by atoms with Gasteiger partial charge in [0.2, 0.25) is 0 Å². The molecule has 0 aliphatic heterocycles. The number of hydrogen-bond donors (Lipinski definition) is 0. The fourth-order valence-corrected chi connectivity index (χ4v) is 12.8. The molecule has 3 saturated carbocycles. The number of rotatable bonds is 3. The summed E-state index contributed by atoms with van der Waals surface area (Å²) in [7, 11) is -0.503. The van der Waals surface area contributed by atoms with E-state index in [0.29, 0.717) is 6.42 Å². The third kappa shape index (κ3) is 3.42. The second-order valence-electron chi connectivity index (χ2n) is 15.2. The Morgan fingerprint density at radius 3 is 2.15 bits per heavy atom. The van der Waals surface area contributed by atoms with Crippen molar-refractivity contribution in [3.63, 3.8) is 0 Å². The Hall–Kier alpha value is -1.54. The maximum atomic E-state index is 14.5. The molecule has 7 atom stereocenters. The van der Waals surface area contributed by atoms with Crippen molar-refractivity contribution in [3.05, 3.63) is 23.3 Å². The first kappa shape index (κ1) is 29.0. The Morgan fingerprint density at radius 2 is 1.56 bits per heavy atom. The van der Waals surface area contributed by atoms with Crippen molar-refractivity contribution >= 4 is 19.2 Å². The summed E-state index contributed by atoms with van der Waals surface area (Å²) >= 11 is 0. The quantitative estimate of drug-likeness (QED) is 0.336. The van der Waals surface area contributed by atoms with E-state index >= 15 is 0 Å². The molecule has 0 aromatic rings. The van der Waals surface area contributed by atoms with Gasteiger partial charge in [-0.2, -0.15) is 5.26 Å². The molecular formula is C32H46NO5P. The fourth-order valence-electron chi connectivity index (χ4n) is 10.5. The van der Waals surface area contributed by atoms with Gasteiger partial charge in [-0.05, 0) is 79.1 Å². The molecule has 5 rings (SSSR count). The van der Waals surface area contributed by atoms with Gasteiger partial charge in [-0.25, -0.2) is 0 Å². The summed E-state index contributed by atoms with van der Waals surface area (Å²) in [5, 5.41) is 9.22. The van der Waals surface area contributed by atoms with E-state index in [-0.39, 0.29) is 51.1 Å². The highest BCUT2D eigenvalue weighted by molar-refractivity contribution is 7.55. The van der Waals surface area contributed by atoms with Gasteiger partial charge >= 0.3 is 7.60 Å². The summed E-state index contributed by atoms with van der Waals surface area (Å²) in [6.07, 6.45) is 9.38. The van der Waals surface area contributed by atoms with Crippen LogP contribution in [0.15, 0.2) is 23.3 Å². The van der Waals surface area contributed by atoms with Crippen LogP contribution in [-0.2, 0) is 23.2 Å². The highest BCUT2D eigenvalue weighted by atomic mass is 31.2. The minimum Gasteiger partial charge on any atom is -0.312 e. The minimum absolute atomic E-state index is 0.0142. The van der Waals surface area contributed by atoms with E-state index in [1.165, 1.54) is 14.2 Å². The van der Waals surface area contributed by atoms with Gasteiger partial charge in [0.1, 0.15) is 6.07 Å². The third-order valence-corrected chi connectivity index (χ3v) is 15.7. The molecule has 1 unspecified atom stereocenters. The summed E-state index contributed by atoms with van der Waals surface area (Å²) in [6.45, 7) is 15.2. The number of Topliss-reactive ketones (excluding diaryl/α,β-unsaturated/α-hetero) is 1. The Morgan fingerprint density at radius 1 is 0.949 bits per heavy atom. The molecule has 0 bridgehead atoms. The highest BCUT2D eigenvalue weighted by Crippen LogP contribution is 2.79. The van der Waals surface area contributed by atoms with E-state index in [9.17, 15) is 19.4 Å². The summed E-state index contributed by atoms with van der Waals surface area (Å²) in [6, 6.07) is 2.17. The molecule has 3 fully saturated rings. The van der Waals surface area contributed by atoms with Crippen molar-refractivity contribution in [3.8, 4) is 6.07 Å². The first-order valence-electron chi connectivity index (χ1n) is 14.6. The van der Waals surface area contributed by atoms with Crippen LogP contribution in [0.5, 0.6) is 0 Å². The predicted octanol–water partition coefficient (Wildman–Crippen LogP) is 7.44. The molecule has 0 saturated heterocycles. The standard InChI is InChI=1S/C32H46NO5P/c1-27(2)12-14-32(39(36,37-8)38-9)15-13-31(7)25(21(32)18-27)22(34)16-24-29(5)17-20(19-33)26(35)28(3,4)23(29)10-11-30(24,31)6/h16-17,21,23,25H,10-15,18H2,1-9H3/t21?,23-,25-,29-,30+,31+,32-/m0/s1. The van der Waals surface area contributed by atoms with Crippen LogP contribution in [0.25, 0.3) is 0 Å². The number of allylic oxidation sites excluding steroid dienone is 4. The van der Waals surface area contributed by atoms with Crippen LogP contribution in [0.4, 0.5) is 0 Å². The van der Waals surface area contributed by atoms with Gasteiger partial charge in [0.15, 0.2) is 11.6 Å². The Bertz CT molecular complexity index is 1280. The highest BCUT2D eigenvalue weighted by Gasteiger charge is 2.72. The predicted molar refractivity (Wildman–Crippen MR) is 151 cm³/mol. The molecule has 5 aliphatic rings. The molecule has 0 aromatic carbocycles.